The number of aromatic nitrogens is 1. The van der Waals surface area contributed by atoms with Crippen LogP contribution in [-0.4, -0.2) is 50.5 Å². The van der Waals surface area contributed by atoms with Gasteiger partial charge in [0, 0.05) is 24.8 Å². The first-order valence-corrected chi connectivity index (χ1v) is 7.42. The number of hydrogen-bond acceptors (Lipinski definition) is 5. The van der Waals surface area contributed by atoms with Gasteiger partial charge in [0.15, 0.2) is 5.75 Å². The van der Waals surface area contributed by atoms with E-state index in [1.54, 1.807) is 11.5 Å². The number of likely N-dealkylation sites (tertiary alicyclic amines) is 1. The van der Waals surface area contributed by atoms with E-state index in [1.807, 2.05) is 4.90 Å². The number of pyridine rings is 1. The Labute approximate surface area is 128 Å². The quantitative estimate of drug-likeness (QED) is 0.715. The first-order chi connectivity index (χ1) is 10.4. The molecule has 1 saturated heterocycles. The van der Waals surface area contributed by atoms with Gasteiger partial charge >= 0.3 is 5.97 Å². The minimum Gasteiger partial charge on any atom is -0.503 e. The predicted molar refractivity (Wildman–Crippen MR) is 79.8 cm³/mol. The number of rotatable bonds is 5. The van der Waals surface area contributed by atoms with Crippen LogP contribution >= 0.6 is 0 Å². The lowest BCUT2D eigenvalue weighted by atomic mass is 9.97. The largest absolute Gasteiger partial charge is 0.503 e. The summed E-state index contributed by atoms with van der Waals surface area (Å²) in [5, 5.41) is 28.2. The van der Waals surface area contributed by atoms with E-state index in [0.717, 1.165) is 0 Å². The van der Waals surface area contributed by atoms with Crippen molar-refractivity contribution in [2.45, 2.75) is 32.9 Å². The summed E-state index contributed by atoms with van der Waals surface area (Å²) in [4.78, 5) is 24.8. The van der Waals surface area contributed by atoms with E-state index in [-0.39, 0.29) is 18.3 Å². The Kier molecular flexibility index (Phi) is 5.20. The van der Waals surface area contributed by atoms with E-state index in [4.69, 9.17) is 5.11 Å². The number of aliphatic carboxylic acids is 1. The highest BCUT2D eigenvalue weighted by Crippen LogP contribution is 2.22. The van der Waals surface area contributed by atoms with Gasteiger partial charge in [-0.05, 0) is 32.9 Å². The molecule has 1 aliphatic rings. The molecule has 0 aromatic carbocycles. The summed E-state index contributed by atoms with van der Waals surface area (Å²) < 4.78 is 1.74. The normalized spacial score (nSPS) is 16.8. The van der Waals surface area contributed by atoms with Crippen LogP contribution < -0.4 is 5.43 Å². The van der Waals surface area contributed by atoms with Crippen LogP contribution in [-0.2, 0) is 17.9 Å². The number of hydrogen-bond donors (Lipinski definition) is 3. The molecule has 7 nitrogen and oxygen atoms in total. The van der Waals surface area contributed by atoms with Crippen molar-refractivity contribution in [1.82, 2.24) is 9.47 Å². The van der Waals surface area contributed by atoms with E-state index in [1.165, 1.54) is 6.07 Å². The molecule has 22 heavy (non-hydrogen) atoms. The van der Waals surface area contributed by atoms with Gasteiger partial charge < -0.3 is 19.9 Å². The molecule has 0 saturated carbocycles. The van der Waals surface area contributed by atoms with E-state index < -0.39 is 11.4 Å². The van der Waals surface area contributed by atoms with Crippen molar-refractivity contribution in [3.8, 4) is 5.75 Å². The van der Waals surface area contributed by atoms with Gasteiger partial charge in [-0.1, -0.05) is 0 Å². The summed E-state index contributed by atoms with van der Waals surface area (Å²) in [6.07, 6.45) is 1.12. The fourth-order valence-corrected chi connectivity index (χ4v) is 2.94. The zero-order valence-corrected chi connectivity index (χ0v) is 12.7. The average molecular weight is 310 g/mol. The standard InChI is InChI=1S/C15H22N2O5/c1-10-8-13(19)14(20)12(17(10)6-7-18)9-16-4-2-11(3-5-16)15(21)22/h8,11,18,20H,2-7,9H2,1H3,(H,21,22). The molecule has 2 heterocycles. The topological polar surface area (TPSA) is 103 Å². The second-order valence-electron chi connectivity index (χ2n) is 5.71. The first kappa shape index (κ1) is 16.5. The number of aromatic hydroxyl groups is 1. The monoisotopic (exact) mass is 310 g/mol. The van der Waals surface area contributed by atoms with Crippen molar-refractivity contribution >= 4 is 5.97 Å². The van der Waals surface area contributed by atoms with Gasteiger partial charge in [-0.2, -0.15) is 0 Å². The Hall–Kier alpha value is -1.86. The third-order valence-corrected chi connectivity index (χ3v) is 4.23. The summed E-state index contributed by atoms with van der Waals surface area (Å²) in [7, 11) is 0. The van der Waals surface area contributed by atoms with Gasteiger partial charge in [-0.15, -0.1) is 0 Å². The zero-order chi connectivity index (χ0) is 16.3. The summed E-state index contributed by atoms with van der Waals surface area (Å²) in [5.74, 6) is -1.38. The SMILES string of the molecule is Cc1cc(=O)c(O)c(CN2CCC(C(=O)O)CC2)n1CCO. The molecule has 0 atom stereocenters. The minimum atomic E-state index is -0.768. The van der Waals surface area contributed by atoms with Crippen molar-refractivity contribution in [1.29, 1.82) is 0 Å². The number of carbonyl (C=O) groups is 1. The fourth-order valence-electron chi connectivity index (χ4n) is 2.94. The van der Waals surface area contributed by atoms with Crippen LogP contribution in [0.4, 0.5) is 0 Å². The molecule has 0 spiro atoms. The maximum Gasteiger partial charge on any atom is 0.306 e. The van der Waals surface area contributed by atoms with Gasteiger partial charge in [0.05, 0.1) is 18.2 Å². The second-order valence-corrected chi connectivity index (χ2v) is 5.71. The summed E-state index contributed by atoms with van der Waals surface area (Å²) in [6.45, 7) is 3.57. The van der Waals surface area contributed by atoms with Crippen LogP contribution in [0.15, 0.2) is 10.9 Å². The third kappa shape index (κ3) is 3.48. The lowest BCUT2D eigenvalue weighted by Gasteiger charge is -2.31. The lowest BCUT2D eigenvalue weighted by Crippen LogP contribution is -2.37. The molecule has 0 bridgehead atoms. The van der Waals surface area contributed by atoms with Crippen molar-refractivity contribution in [3.63, 3.8) is 0 Å². The molecular formula is C15H22N2O5. The highest BCUT2D eigenvalue weighted by Gasteiger charge is 2.26. The molecule has 1 aromatic rings. The molecule has 0 unspecified atom stereocenters. The molecule has 1 aromatic heterocycles. The molecule has 0 aliphatic carbocycles. The van der Waals surface area contributed by atoms with E-state index in [9.17, 15) is 19.8 Å². The molecule has 122 valence electrons. The third-order valence-electron chi connectivity index (χ3n) is 4.23. The second kappa shape index (κ2) is 6.93. The van der Waals surface area contributed by atoms with E-state index >= 15 is 0 Å². The Morgan fingerprint density at radius 3 is 2.55 bits per heavy atom. The van der Waals surface area contributed by atoms with Crippen LogP contribution in [0.1, 0.15) is 24.2 Å². The van der Waals surface area contributed by atoms with Crippen molar-refractivity contribution in [3.05, 3.63) is 27.7 Å². The summed E-state index contributed by atoms with van der Waals surface area (Å²) in [5.41, 5.74) is 0.738. The Morgan fingerprint density at radius 1 is 1.36 bits per heavy atom. The van der Waals surface area contributed by atoms with Crippen molar-refractivity contribution in [2.24, 2.45) is 5.92 Å². The van der Waals surface area contributed by atoms with E-state index in [2.05, 4.69) is 0 Å². The zero-order valence-electron chi connectivity index (χ0n) is 12.7. The number of carboxylic acids is 1. The summed E-state index contributed by atoms with van der Waals surface area (Å²) >= 11 is 0. The maximum atomic E-state index is 11.8. The molecule has 0 radical (unpaired) electrons. The van der Waals surface area contributed by atoms with Gasteiger partial charge in [-0.3, -0.25) is 14.5 Å². The number of carboxylic acid groups (broad SMARTS) is 1. The molecular weight excluding hydrogens is 288 g/mol. The van der Waals surface area contributed by atoms with Crippen molar-refractivity contribution in [2.75, 3.05) is 19.7 Å². The number of nitrogens with zero attached hydrogens (tertiary/aromatic N) is 2. The Morgan fingerprint density at radius 2 is 2.00 bits per heavy atom. The highest BCUT2D eigenvalue weighted by atomic mass is 16.4. The molecule has 7 heteroatoms. The number of aryl methyl sites for hydroxylation is 1. The van der Waals surface area contributed by atoms with Gasteiger partial charge in [0.1, 0.15) is 0 Å². The molecule has 1 fully saturated rings. The Balaban J connectivity index is 2.19. The van der Waals surface area contributed by atoms with Crippen LogP contribution in [0.5, 0.6) is 5.75 Å². The van der Waals surface area contributed by atoms with Gasteiger partial charge in [-0.25, -0.2) is 0 Å². The predicted octanol–water partition coefficient (Wildman–Crippen LogP) is 0.151. The van der Waals surface area contributed by atoms with Gasteiger partial charge in [0.25, 0.3) is 0 Å². The highest BCUT2D eigenvalue weighted by molar-refractivity contribution is 5.70. The van der Waals surface area contributed by atoms with Crippen LogP contribution in [0.2, 0.25) is 0 Å². The minimum absolute atomic E-state index is 0.0861. The first-order valence-electron chi connectivity index (χ1n) is 7.42. The number of aliphatic hydroxyl groups is 1. The van der Waals surface area contributed by atoms with Gasteiger partial charge in [0.2, 0.25) is 5.43 Å². The molecule has 2 rings (SSSR count). The number of aliphatic hydroxyl groups excluding tert-OH is 1. The fraction of sp³-hybridized carbons (Fsp3) is 0.600. The van der Waals surface area contributed by atoms with Crippen LogP contribution in [0.3, 0.4) is 0 Å². The maximum absolute atomic E-state index is 11.8. The lowest BCUT2D eigenvalue weighted by molar-refractivity contribution is -0.143. The number of piperidine rings is 1. The molecule has 1 aliphatic heterocycles. The van der Waals surface area contributed by atoms with Crippen molar-refractivity contribution < 1.29 is 20.1 Å². The molecule has 0 amide bonds. The van der Waals surface area contributed by atoms with E-state index in [0.29, 0.717) is 50.4 Å². The van der Waals surface area contributed by atoms with Crippen LogP contribution in [0, 0.1) is 12.8 Å². The smallest absolute Gasteiger partial charge is 0.306 e. The average Bonchev–Trinajstić information content (AvgIpc) is 2.49. The Bertz CT molecular complexity index is 603. The molecule has 3 N–H and O–H groups in total. The summed E-state index contributed by atoms with van der Waals surface area (Å²) in [6, 6.07) is 1.35. The van der Waals surface area contributed by atoms with Crippen LogP contribution in [0.25, 0.3) is 0 Å².